The Morgan fingerprint density at radius 2 is 1.19 bits per heavy atom. The smallest absolute Gasteiger partial charge is 0.174 e. The molecule has 282 valence electrons. The van der Waals surface area contributed by atoms with E-state index < -0.39 is 34.2 Å². The number of aromatic hydroxyl groups is 2. The highest BCUT2D eigenvalue weighted by molar-refractivity contribution is 5.91. The molecule has 0 aromatic heterocycles. The van der Waals surface area contributed by atoms with Gasteiger partial charge in [0.05, 0.1) is 22.0 Å². The summed E-state index contributed by atoms with van der Waals surface area (Å²) in [4.78, 5) is 30.1. The minimum absolute atomic E-state index is 0. The number of benzene rings is 2. The Kier molecular flexibility index (Phi) is 8.54. The van der Waals surface area contributed by atoms with E-state index in [9.17, 15) is 30.0 Å². The van der Waals surface area contributed by atoms with E-state index in [1.165, 1.54) is 12.8 Å². The Morgan fingerprint density at radius 3 is 1.65 bits per heavy atom. The monoisotopic (exact) mass is 716 g/mol. The molecule has 2 saturated heterocycles. The lowest BCUT2D eigenvalue weighted by Gasteiger charge is -2.62. The van der Waals surface area contributed by atoms with Crippen LogP contribution in [0.5, 0.6) is 23.0 Å². The highest BCUT2D eigenvalue weighted by atomic mass is 16.5. The third-order valence-electron chi connectivity index (χ3n) is 14.3. The van der Waals surface area contributed by atoms with Crippen molar-refractivity contribution in [2.45, 2.75) is 133 Å². The van der Waals surface area contributed by atoms with Crippen molar-refractivity contribution in [2.24, 2.45) is 5.92 Å². The van der Waals surface area contributed by atoms with Crippen LogP contribution in [0.1, 0.15) is 95.9 Å². The summed E-state index contributed by atoms with van der Waals surface area (Å²) in [5.41, 5.74) is 0.710. The molecular weight excluding hydrogens is 660 g/mol. The Balaban J connectivity index is 0.000000153. The fourth-order valence-corrected chi connectivity index (χ4v) is 12.1. The molecule has 0 radical (unpaired) electrons. The van der Waals surface area contributed by atoms with Crippen LogP contribution in [0.15, 0.2) is 36.9 Å². The molecule has 0 amide bonds. The van der Waals surface area contributed by atoms with E-state index in [-0.39, 0.29) is 57.4 Å². The van der Waals surface area contributed by atoms with E-state index in [4.69, 9.17) is 9.47 Å². The van der Waals surface area contributed by atoms with E-state index in [1.807, 2.05) is 18.2 Å². The van der Waals surface area contributed by atoms with E-state index in [0.29, 0.717) is 50.0 Å². The second-order valence-electron chi connectivity index (χ2n) is 16.3. The SMILES string of the molecule is C.C.C.C=CCN1CC[C@]23c4c5ccc(O)c4O[C@H]2C(=O)CC[C@@]3(O)C1C5.O=C1CC[C@@]2(O)C3Cc4ccc(O)c5c4[C@@]2(CCN3CC2CC2)[C@H]1O5. The highest BCUT2D eigenvalue weighted by Crippen LogP contribution is 2.66. The fourth-order valence-electron chi connectivity index (χ4n) is 12.1. The topological polar surface area (TPSA) is 140 Å². The molecule has 10 nitrogen and oxygen atoms in total. The zero-order chi connectivity index (χ0) is 33.7. The molecular formula is C42H56N2O8. The first-order valence-electron chi connectivity index (χ1n) is 18.2. The molecule has 2 spiro atoms. The molecule has 5 fully saturated rings. The van der Waals surface area contributed by atoms with Gasteiger partial charge in [0.2, 0.25) is 0 Å². The number of likely N-dealkylation sites (tertiary alicyclic amines) is 2. The summed E-state index contributed by atoms with van der Waals surface area (Å²) in [6.07, 6.45) is 7.67. The van der Waals surface area contributed by atoms with E-state index in [2.05, 4.69) is 16.4 Å². The van der Waals surface area contributed by atoms with Gasteiger partial charge in [0.15, 0.2) is 46.8 Å². The maximum Gasteiger partial charge on any atom is 0.174 e. The Bertz CT molecular complexity index is 1840. The minimum atomic E-state index is -1.00. The van der Waals surface area contributed by atoms with E-state index in [0.717, 1.165) is 67.2 Å². The second kappa shape index (κ2) is 12.0. The van der Waals surface area contributed by atoms with Crippen LogP contribution in [0, 0.1) is 5.92 Å². The van der Waals surface area contributed by atoms with Crippen molar-refractivity contribution in [3.8, 4) is 23.0 Å². The van der Waals surface area contributed by atoms with Gasteiger partial charge < -0.3 is 29.9 Å². The average Bonchev–Trinajstić information content (AvgIpc) is 3.71. The van der Waals surface area contributed by atoms with E-state index >= 15 is 0 Å². The third kappa shape index (κ3) is 4.26. The maximum atomic E-state index is 12.7. The van der Waals surface area contributed by atoms with Crippen LogP contribution in [0.4, 0.5) is 0 Å². The van der Waals surface area contributed by atoms with Gasteiger partial charge in [-0.05, 0) is 87.1 Å². The molecule has 4 bridgehead atoms. The molecule has 10 heteroatoms. The first kappa shape index (κ1) is 36.9. The molecule has 4 N–H and O–H groups in total. The van der Waals surface area contributed by atoms with Crippen LogP contribution in [0.25, 0.3) is 0 Å². The predicted octanol–water partition coefficient (Wildman–Crippen LogP) is 4.74. The van der Waals surface area contributed by atoms with Crippen molar-refractivity contribution in [1.82, 2.24) is 9.80 Å². The number of aliphatic hydroxyl groups is 2. The van der Waals surface area contributed by atoms with Gasteiger partial charge in [-0.25, -0.2) is 0 Å². The first-order valence-corrected chi connectivity index (χ1v) is 18.2. The molecule has 9 aliphatic rings. The predicted molar refractivity (Wildman–Crippen MR) is 197 cm³/mol. The number of Topliss-reactive ketones (excluding diaryl/α,β-unsaturated/α-hetero) is 2. The summed E-state index contributed by atoms with van der Waals surface area (Å²) in [6, 6.07) is 7.21. The molecule has 2 aromatic rings. The van der Waals surface area contributed by atoms with Crippen molar-refractivity contribution >= 4 is 11.6 Å². The normalized spacial score (nSPS) is 38.0. The summed E-state index contributed by atoms with van der Waals surface area (Å²) in [6.45, 7) is 7.31. The maximum absolute atomic E-state index is 12.7. The lowest BCUT2D eigenvalue weighted by atomic mass is 9.49. The van der Waals surface area contributed by atoms with Gasteiger partial charge in [-0.3, -0.25) is 19.4 Å². The number of phenolic OH excluding ortho intramolecular Hbond substituents is 2. The van der Waals surface area contributed by atoms with Crippen molar-refractivity contribution in [3.05, 3.63) is 59.2 Å². The molecule has 3 saturated carbocycles. The molecule has 52 heavy (non-hydrogen) atoms. The number of hydrogen-bond acceptors (Lipinski definition) is 10. The number of ketones is 2. The largest absolute Gasteiger partial charge is 0.504 e. The summed E-state index contributed by atoms with van der Waals surface area (Å²) in [5, 5.41) is 44.4. The standard InChI is InChI=1S/C20H23NO4.C19H21NO4.3CH4/c22-13-4-3-12-9-15-20(24)6-5-14(23)18-19(20,16(12)17(13)25-18)7-8-21(15)10-11-1-2-11;1-2-8-20-9-7-18-15-11-3-4-12(21)16(15)24-17(18)13(22)5-6-19(18,23)14(20)10-11;;;/h3-4,11,15,18,22,24H,1-2,5-10H2;2-4,14,17,21,23H,1,5-10H2;3*1H4/t15?,18-,19-,20+;14?,17-,18-,19+;;;/m00.../s1. The van der Waals surface area contributed by atoms with Crippen molar-refractivity contribution in [2.75, 3.05) is 26.2 Å². The minimum Gasteiger partial charge on any atom is -0.504 e. The average molecular weight is 717 g/mol. The second-order valence-corrected chi connectivity index (χ2v) is 16.3. The number of carbonyl (C=O) groups excluding carboxylic acids is 2. The van der Waals surface area contributed by atoms with Gasteiger partial charge >= 0.3 is 0 Å². The van der Waals surface area contributed by atoms with Crippen LogP contribution in [0.2, 0.25) is 0 Å². The lowest BCUT2D eigenvalue weighted by molar-refractivity contribution is -0.188. The Labute approximate surface area is 307 Å². The molecule has 2 unspecified atom stereocenters. The number of ether oxygens (including phenoxy) is 2. The number of hydrogen-bond donors (Lipinski definition) is 4. The van der Waals surface area contributed by atoms with Crippen LogP contribution in [0.3, 0.4) is 0 Å². The van der Waals surface area contributed by atoms with Crippen molar-refractivity contribution < 1.29 is 39.5 Å². The van der Waals surface area contributed by atoms with Gasteiger partial charge in [0, 0.05) is 55.7 Å². The molecule has 5 aliphatic carbocycles. The number of phenols is 2. The number of rotatable bonds is 4. The number of piperidine rings is 2. The summed E-state index contributed by atoms with van der Waals surface area (Å²) < 4.78 is 12.0. The van der Waals surface area contributed by atoms with Gasteiger partial charge in [-0.15, -0.1) is 6.58 Å². The summed E-state index contributed by atoms with van der Waals surface area (Å²) in [5.74, 6) is 1.92. The molecule has 11 rings (SSSR count). The first-order chi connectivity index (χ1) is 23.6. The summed E-state index contributed by atoms with van der Waals surface area (Å²) >= 11 is 0. The highest BCUT2D eigenvalue weighted by Gasteiger charge is 2.74. The van der Waals surface area contributed by atoms with Crippen LogP contribution < -0.4 is 9.47 Å². The third-order valence-corrected chi connectivity index (χ3v) is 14.3. The summed E-state index contributed by atoms with van der Waals surface area (Å²) in [7, 11) is 0. The quantitative estimate of drug-likeness (QED) is 0.329. The Morgan fingerprint density at radius 1 is 0.731 bits per heavy atom. The van der Waals surface area contributed by atoms with E-state index in [1.54, 1.807) is 12.1 Å². The van der Waals surface area contributed by atoms with Crippen LogP contribution >= 0.6 is 0 Å². The van der Waals surface area contributed by atoms with Gasteiger partial charge in [-0.2, -0.15) is 0 Å². The molecule has 4 aliphatic heterocycles. The Hall–Kier alpha value is -3.44. The van der Waals surface area contributed by atoms with Gasteiger partial charge in [0.25, 0.3) is 0 Å². The zero-order valence-corrected chi connectivity index (χ0v) is 27.7. The van der Waals surface area contributed by atoms with Gasteiger partial charge in [0.1, 0.15) is 0 Å². The van der Waals surface area contributed by atoms with Gasteiger partial charge in [-0.1, -0.05) is 40.5 Å². The van der Waals surface area contributed by atoms with Crippen molar-refractivity contribution in [3.63, 3.8) is 0 Å². The molecule has 8 atom stereocenters. The van der Waals surface area contributed by atoms with Crippen LogP contribution in [-0.2, 0) is 33.3 Å². The molecule has 4 heterocycles. The number of nitrogens with zero attached hydrogens (tertiary/aromatic N) is 2. The lowest BCUT2D eigenvalue weighted by Crippen LogP contribution is -2.76. The van der Waals surface area contributed by atoms with Crippen molar-refractivity contribution in [1.29, 1.82) is 0 Å². The zero-order valence-electron chi connectivity index (χ0n) is 27.7. The fraction of sp³-hybridized carbons (Fsp3) is 0.619. The number of carbonyl (C=O) groups is 2. The van der Waals surface area contributed by atoms with Crippen LogP contribution in [-0.4, -0.2) is 103 Å². The molecule has 2 aromatic carbocycles.